The first-order valence-electron chi connectivity index (χ1n) is 10.2. The van der Waals surface area contributed by atoms with E-state index in [9.17, 15) is 9.59 Å². The van der Waals surface area contributed by atoms with Crippen LogP contribution < -0.4 is 25.2 Å². The molecular weight excluding hydrogens is 396 g/mol. The van der Waals surface area contributed by atoms with Crippen LogP contribution in [0.25, 0.3) is 11.3 Å². The highest BCUT2D eigenvalue weighted by Crippen LogP contribution is 2.35. The van der Waals surface area contributed by atoms with E-state index < -0.39 is 0 Å². The topological polar surface area (TPSA) is 85.7 Å². The van der Waals surface area contributed by atoms with Gasteiger partial charge in [0.2, 0.25) is 12.7 Å². The number of amides is 1. The van der Waals surface area contributed by atoms with Crippen LogP contribution in [-0.4, -0.2) is 35.6 Å². The number of carbonyl (C=O) groups excluding carboxylic acids is 1. The Morgan fingerprint density at radius 3 is 2.52 bits per heavy atom. The molecule has 0 spiro atoms. The molecule has 2 heterocycles. The van der Waals surface area contributed by atoms with Crippen LogP contribution in [0.1, 0.15) is 13.8 Å². The first-order valence-corrected chi connectivity index (χ1v) is 10.2. The van der Waals surface area contributed by atoms with E-state index >= 15 is 0 Å². The molecule has 31 heavy (non-hydrogen) atoms. The molecule has 1 aliphatic rings. The van der Waals surface area contributed by atoms with E-state index in [1.165, 1.54) is 6.07 Å². The molecule has 0 unspecified atom stereocenters. The third kappa shape index (κ3) is 4.53. The van der Waals surface area contributed by atoms with Gasteiger partial charge in [-0.25, -0.2) is 4.68 Å². The molecule has 1 aromatic heterocycles. The standard InChI is InChI=1S/C23H24N4O4/c1-3-26(4-2)18-8-6-17(7-9-18)24-22(28)14-27-23(29)12-10-19(25-27)16-5-11-20-21(13-16)31-15-30-20/h5-13H,3-4,14-15H2,1-2H3,(H,24,28). The van der Waals surface area contributed by atoms with Crippen LogP contribution in [0.4, 0.5) is 11.4 Å². The van der Waals surface area contributed by atoms with Gasteiger partial charge < -0.3 is 19.7 Å². The van der Waals surface area contributed by atoms with Crippen molar-refractivity contribution in [3.8, 4) is 22.8 Å². The fourth-order valence-electron chi connectivity index (χ4n) is 3.45. The molecule has 8 heteroatoms. The summed E-state index contributed by atoms with van der Waals surface area (Å²) in [6.07, 6.45) is 0. The van der Waals surface area contributed by atoms with Crippen LogP contribution in [0, 0.1) is 0 Å². The first kappa shape index (κ1) is 20.5. The normalized spacial score (nSPS) is 11.9. The minimum atomic E-state index is -0.350. The average Bonchev–Trinajstić information content (AvgIpc) is 3.25. The summed E-state index contributed by atoms with van der Waals surface area (Å²) in [5, 5.41) is 7.17. The SMILES string of the molecule is CCN(CC)c1ccc(NC(=O)Cn2nc(-c3ccc4c(c3)OCO4)ccc2=O)cc1. The number of aromatic nitrogens is 2. The van der Waals surface area contributed by atoms with Crippen LogP contribution in [0.5, 0.6) is 11.5 Å². The Labute approximate surface area is 180 Å². The smallest absolute Gasteiger partial charge is 0.267 e. The van der Waals surface area contributed by atoms with E-state index in [2.05, 4.69) is 29.2 Å². The van der Waals surface area contributed by atoms with E-state index in [4.69, 9.17) is 9.47 Å². The molecule has 8 nitrogen and oxygen atoms in total. The average molecular weight is 420 g/mol. The maximum atomic E-state index is 12.5. The molecule has 0 radical (unpaired) electrons. The summed E-state index contributed by atoms with van der Waals surface area (Å²) in [6, 6.07) is 16.1. The summed E-state index contributed by atoms with van der Waals surface area (Å²) in [5.41, 5.74) is 2.74. The minimum Gasteiger partial charge on any atom is -0.454 e. The Balaban J connectivity index is 1.47. The first-order chi connectivity index (χ1) is 15.1. The van der Waals surface area contributed by atoms with Gasteiger partial charge in [0.1, 0.15) is 6.54 Å². The second kappa shape index (κ2) is 8.91. The van der Waals surface area contributed by atoms with Gasteiger partial charge in [0.15, 0.2) is 11.5 Å². The molecular formula is C23H24N4O4. The summed E-state index contributed by atoms with van der Waals surface area (Å²) in [4.78, 5) is 27.0. The minimum absolute atomic E-state index is 0.182. The quantitative estimate of drug-likeness (QED) is 0.632. The molecule has 1 amide bonds. The van der Waals surface area contributed by atoms with Gasteiger partial charge >= 0.3 is 0 Å². The monoisotopic (exact) mass is 420 g/mol. The van der Waals surface area contributed by atoms with Gasteiger partial charge in [-0.1, -0.05) is 0 Å². The zero-order valence-corrected chi connectivity index (χ0v) is 17.5. The number of hydrogen-bond acceptors (Lipinski definition) is 6. The van der Waals surface area contributed by atoms with Crippen molar-refractivity contribution in [3.63, 3.8) is 0 Å². The fourth-order valence-corrected chi connectivity index (χ4v) is 3.45. The van der Waals surface area contributed by atoms with E-state index in [1.54, 1.807) is 18.2 Å². The maximum absolute atomic E-state index is 12.5. The van der Waals surface area contributed by atoms with Gasteiger partial charge in [-0.2, -0.15) is 5.10 Å². The van der Waals surface area contributed by atoms with Crippen LogP contribution in [0.2, 0.25) is 0 Å². The molecule has 0 aliphatic carbocycles. The lowest BCUT2D eigenvalue weighted by Crippen LogP contribution is -2.29. The Morgan fingerprint density at radius 1 is 1.03 bits per heavy atom. The lowest BCUT2D eigenvalue weighted by molar-refractivity contribution is -0.117. The van der Waals surface area contributed by atoms with Crippen LogP contribution >= 0.6 is 0 Å². The van der Waals surface area contributed by atoms with Crippen molar-refractivity contribution in [1.82, 2.24) is 9.78 Å². The number of rotatable bonds is 7. The molecule has 4 rings (SSSR count). The van der Waals surface area contributed by atoms with Gasteiger partial charge in [0, 0.05) is 36.1 Å². The Hall–Kier alpha value is -3.81. The molecule has 1 aliphatic heterocycles. The molecule has 3 aromatic rings. The fraction of sp³-hybridized carbons (Fsp3) is 0.261. The highest BCUT2D eigenvalue weighted by Gasteiger charge is 2.15. The van der Waals surface area contributed by atoms with Crippen LogP contribution in [0.3, 0.4) is 0 Å². The number of anilines is 2. The molecule has 0 fully saturated rings. The van der Waals surface area contributed by atoms with E-state index in [0.29, 0.717) is 22.9 Å². The van der Waals surface area contributed by atoms with Gasteiger partial charge in [0.05, 0.1) is 5.69 Å². The number of fused-ring (bicyclic) bond motifs is 1. The van der Waals surface area contributed by atoms with Gasteiger partial charge in [-0.3, -0.25) is 9.59 Å². The van der Waals surface area contributed by atoms with Gasteiger partial charge in [-0.15, -0.1) is 0 Å². The Bertz CT molecular complexity index is 1140. The van der Waals surface area contributed by atoms with Crippen molar-refractivity contribution in [1.29, 1.82) is 0 Å². The van der Waals surface area contributed by atoms with Crippen molar-refractivity contribution in [3.05, 3.63) is 65.0 Å². The molecule has 0 atom stereocenters. The molecule has 0 saturated carbocycles. The lowest BCUT2D eigenvalue weighted by atomic mass is 10.1. The summed E-state index contributed by atoms with van der Waals surface area (Å²) in [5.74, 6) is 0.972. The number of carbonyl (C=O) groups is 1. The van der Waals surface area contributed by atoms with Crippen molar-refractivity contribution in [2.45, 2.75) is 20.4 Å². The summed E-state index contributed by atoms with van der Waals surface area (Å²) < 4.78 is 11.9. The van der Waals surface area contributed by atoms with Crippen LogP contribution in [0.15, 0.2) is 59.4 Å². The zero-order chi connectivity index (χ0) is 21.8. The predicted octanol–water partition coefficient (Wildman–Crippen LogP) is 3.12. The van der Waals surface area contributed by atoms with Crippen molar-refractivity contribution in [2.75, 3.05) is 30.1 Å². The second-order valence-electron chi connectivity index (χ2n) is 7.05. The number of ether oxygens (including phenoxy) is 2. The number of nitrogens with zero attached hydrogens (tertiary/aromatic N) is 3. The summed E-state index contributed by atoms with van der Waals surface area (Å²) >= 11 is 0. The summed E-state index contributed by atoms with van der Waals surface area (Å²) in [6.45, 7) is 6.02. The van der Waals surface area contributed by atoms with Crippen LogP contribution in [-0.2, 0) is 11.3 Å². The maximum Gasteiger partial charge on any atom is 0.267 e. The third-order valence-electron chi connectivity index (χ3n) is 5.11. The molecule has 160 valence electrons. The highest BCUT2D eigenvalue weighted by molar-refractivity contribution is 5.90. The van der Waals surface area contributed by atoms with Crippen molar-refractivity contribution >= 4 is 17.3 Å². The predicted molar refractivity (Wildman–Crippen MR) is 119 cm³/mol. The molecule has 0 saturated heterocycles. The van der Waals surface area contributed by atoms with Crippen molar-refractivity contribution < 1.29 is 14.3 Å². The second-order valence-corrected chi connectivity index (χ2v) is 7.05. The number of benzene rings is 2. The van der Waals surface area contributed by atoms with Gasteiger partial charge in [0.25, 0.3) is 5.56 Å². The van der Waals surface area contributed by atoms with E-state index in [-0.39, 0.29) is 24.8 Å². The highest BCUT2D eigenvalue weighted by atomic mass is 16.7. The van der Waals surface area contributed by atoms with Gasteiger partial charge in [-0.05, 0) is 62.4 Å². The Kier molecular flexibility index (Phi) is 5.88. The zero-order valence-electron chi connectivity index (χ0n) is 17.5. The molecule has 1 N–H and O–H groups in total. The Morgan fingerprint density at radius 2 is 1.77 bits per heavy atom. The van der Waals surface area contributed by atoms with E-state index in [1.807, 2.05) is 30.3 Å². The third-order valence-corrected chi connectivity index (χ3v) is 5.11. The largest absolute Gasteiger partial charge is 0.454 e. The van der Waals surface area contributed by atoms with E-state index in [0.717, 1.165) is 29.0 Å². The number of hydrogen-bond donors (Lipinski definition) is 1. The molecule has 2 aromatic carbocycles. The summed E-state index contributed by atoms with van der Waals surface area (Å²) in [7, 11) is 0. The lowest BCUT2D eigenvalue weighted by Gasteiger charge is -2.21. The van der Waals surface area contributed by atoms with Crippen molar-refractivity contribution in [2.24, 2.45) is 0 Å². The number of nitrogens with one attached hydrogen (secondary N) is 1. The molecule has 0 bridgehead atoms.